The molecule has 0 saturated carbocycles. The van der Waals surface area contributed by atoms with Gasteiger partial charge in [-0.05, 0) is 30.0 Å². The molecule has 1 atom stereocenters. The number of hydrogen-bond acceptors (Lipinski definition) is 3. The van der Waals surface area contributed by atoms with E-state index in [9.17, 15) is 17.6 Å². The van der Waals surface area contributed by atoms with Crippen LogP contribution in [0.25, 0.3) is 0 Å². The van der Waals surface area contributed by atoms with Crippen molar-refractivity contribution in [2.75, 3.05) is 11.5 Å². The molecule has 0 bridgehead atoms. The Morgan fingerprint density at radius 1 is 1.42 bits per heavy atom. The Hall–Kier alpha value is -0.940. The van der Waals surface area contributed by atoms with Gasteiger partial charge in [-0.15, -0.1) is 0 Å². The molecule has 1 aliphatic heterocycles. The summed E-state index contributed by atoms with van der Waals surface area (Å²) in [6.07, 6.45) is 0.706. The molecule has 1 fully saturated rings. The van der Waals surface area contributed by atoms with E-state index in [1.54, 1.807) is 0 Å². The minimum absolute atomic E-state index is 0.0143. The molecule has 0 aliphatic carbocycles. The van der Waals surface area contributed by atoms with Crippen LogP contribution in [0.3, 0.4) is 0 Å². The van der Waals surface area contributed by atoms with Gasteiger partial charge in [0, 0.05) is 17.9 Å². The number of hydrogen-bond donors (Lipinski definition) is 0. The van der Waals surface area contributed by atoms with Gasteiger partial charge in [-0.1, -0.05) is 17.7 Å². The number of halogens is 2. The van der Waals surface area contributed by atoms with Crippen LogP contribution in [0.5, 0.6) is 0 Å². The Balaban J connectivity index is 1.95. The van der Waals surface area contributed by atoms with Gasteiger partial charge in [-0.3, -0.25) is 4.79 Å². The molecular formula is C13H14ClFO3S. The van der Waals surface area contributed by atoms with Crippen molar-refractivity contribution in [2.24, 2.45) is 5.92 Å². The van der Waals surface area contributed by atoms with E-state index in [2.05, 4.69) is 0 Å². The highest BCUT2D eigenvalue weighted by Crippen LogP contribution is 2.23. The molecule has 0 radical (unpaired) electrons. The van der Waals surface area contributed by atoms with Crippen molar-refractivity contribution in [2.45, 2.75) is 19.3 Å². The van der Waals surface area contributed by atoms with Gasteiger partial charge in [-0.2, -0.15) is 0 Å². The summed E-state index contributed by atoms with van der Waals surface area (Å²) < 4.78 is 36.1. The summed E-state index contributed by atoms with van der Waals surface area (Å²) in [6, 6.07) is 4.19. The van der Waals surface area contributed by atoms with E-state index in [-0.39, 0.29) is 41.1 Å². The summed E-state index contributed by atoms with van der Waals surface area (Å²) in [5.41, 5.74) is 0.301. The van der Waals surface area contributed by atoms with Crippen LogP contribution in [-0.2, 0) is 21.1 Å². The number of rotatable bonds is 4. The number of carbonyl (C=O) groups is 1. The molecule has 19 heavy (non-hydrogen) atoms. The fourth-order valence-corrected chi connectivity index (χ4v) is 4.33. The number of benzene rings is 1. The third-order valence-electron chi connectivity index (χ3n) is 3.25. The van der Waals surface area contributed by atoms with Crippen LogP contribution < -0.4 is 0 Å². The molecule has 1 unspecified atom stereocenters. The average Bonchev–Trinajstić information content (AvgIpc) is 2.62. The largest absolute Gasteiger partial charge is 0.299 e. The maximum absolute atomic E-state index is 13.5. The van der Waals surface area contributed by atoms with Crippen molar-refractivity contribution in [1.82, 2.24) is 0 Å². The summed E-state index contributed by atoms with van der Waals surface area (Å²) in [7, 11) is -2.97. The Bertz CT molecular complexity index is 598. The molecule has 1 aromatic carbocycles. The van der Waals surface area contributed by atoms with Crippen molar-refractivity contribution in [1.29, 1.82) is 0 Å². The van der Waals surface area contributed by atoms with Gasteiger partial charge < -0.3 is 0 Å². The van der Waals surface area contributed by atoms with Crippen LogP contribution in [0.1, 0.15) is 18.4 Å². The monoisotopic (exact) mass is 304 g/mol. The Kier molecular flexibility index (Phi) is 4.26. The Morgan fingerprint density at radius 3 is 2.74 bits per heavy atom. The van der Waals surface area contributed by atoms with Crippen LogP contribution >= 0.6 is 11.6 Å². The fraction of sp³-hybridized carbons (Fsp3) is 0.462. The SMILES string of the molecule is O=C(Cc1ccc(Cl)cc1F)CC1CCS(=O)(=O)C1. The fourth-order valence-electron chi connectivity index (χ4n) is 2.30. The maximum Gasteiger partial charge on any atom is 0.150 e. The quantitative estimate of drug-likeness (QED) is 0.858. The lowest BCUT2D eigenvalue weighted by atomic mass is 9.98. The first-order valence-corrected chi connectivity index (χ1v) is 8.22. The highest BCUT2D eigenvalue weighted by atomic mass is 35.5. The van der Waals surface area contributed by atoms with Crippen LogP contribution in [-0.4, -0.2) is 25.7 Å². The summed E-state index contributed by atoms with van der Waals surface area (Å²) in [5.74, 6) is -0.529. The molecule has 0 N–H and O–H groups in total. The molecule has 1 aromatic rings. The van der Waals surface area contributed by atoms with E-state index in [1.165, 1.54) is 18.2 Å². The normalized spacial score (nSPS) is 21.5. The first kappa shape index (κ1) is 14.5. The zero-order valence-corrected chi connectivity index (χ0v) is 11.8. The average molecular weight is 305 g/mol. The van der Waals surface area contributed by atoms with Crippen molar-refractivity contribution in [3.63, 3.8) is 0 Å². The molecule has 3 nitrogen and oxygen atoms in total. The van der Waals surface area contributed by atoms with Crippen LogP contribution in [0.2, 0.25) is 5.02 Å². The van der Waals surface area contributed by atoms with Crippen molar-refractivity contribution in [3.05, 3.63) is 34.6 Å². The third-order valence-corrected chi connectivity index (χ3v) is 5.32. The van der Waals surface area contributed by atoms with E-state index in [4.69, 9.17) is 11.6 Å². The number of ketones is 1. The summed E-state index contributed by atoms with van der Waals surface area (Å²) in [6.45, 7) is 0. The second kappa shape index (κ2) is 5.59. The Morgan fingerprint density at radius 2 is 2.16 bits per heavy atom. The van der Waals surface area contributed by atoms with Gasteiger partial charge in [0.1, 0.15) is 11.6 Å². The van der Waals surface area contributed by atoms with Gasteiger partial charge in [0.2, 0.25) is 0 Å². The molecule has 104 valence electrons. The van der Waals surface area contributed by atoms with E-state index in [0.717, 1.165) is 0 Å². The molecule has 0 aromatic heterocycles. The third kappa shape index (κ3) is 4.01. The second-order valence-corrected chi connectivity index (χ2v) is 7.59. The van der Waals surface area contributed by atoms with Crippen molar-refractivity contribution in [3.8, 4) is 0 Å². The number of carbonyl (C=O) groups excluding carboxylic acids is 1. The standard InChI is InChI=1S/C13H14ClFO3S/c14-11-2-1-10(13(15)7-11)6-12(16)5-9-3-4-19(17,18)8-9/h1-2,7,9H,3-6,8H2. The number of sulfone groups is 1. The lowest BCUT2D eigenvalue weighted by molar-refractivity contribution is -0.119. The van der Waals surface area contributed by atoms with Crippen molar-refractivity contribution < 1.29 is 17.6 Å². The zero-order valence-electron chi connectivity index (χ0n) is 10.2. The molecule has 1 saturated heterocycles. The van der Waals surface area contributed by atoms with Crippen LogP contribution in [0.4, 0.5) is 4.39 Å². The molecular weight excluding hydrogens is 291 g/mol. The highest BCUT2D eigenvalue weighted by Gasteiger charge is 2.29. The predicted molar refractivity (Wildman–Crippen MR) is 71.5 cm³/mol. The minimum atomic E-state index is -2.97. The minimum Gasteiger partial charge on any atom is -0.299 e. The first-order valence-electron chi connectivity index (χ1n) is 6.02. The smallest absolute Gasteiger partial charge is 0.150 e. The lowest BCUT2D eigenvalue weighted by Gasteiger charge is -2.07. The molecule has 0 amide bonds. The van der Waals surface area contributed by atoms with Crippen LogP contribution in [0.15, 0.2) is 18.2 Å². The topological polar surface area (TPSA) is 51.2 Å². The van der Waals surface area contributed by atoms with Crippen LogP contribution in [0, 0.1) is 11.7 Å². The van der Waals surface area contributed by atoms with Gasteiger partial charge in [0.15, 0.2) is 9.84 Å². The zero-order chi connectivity index (χ0) is 14.0. The molecule has 6 heteroatoms. The molecule has 1 heterocycles. The summed E-state index contributed by atoms with van der Waals surface area (Å²) in [4.78, 5) is 11.8. The summed E-state index contributed by atoms with van der Waals surface area (Å²) >= 11 is 5.63. The summed E-state index contributed by atoms with van der Waals surface area (Å²) in [5, 5.41) is 0.288. The second-order valence-electron chi connectivity index (χ2n) is 4.92. The van der Waals surface area contributed by atoms with Gasteiger partial charge in [0.05, 0.1) is 11.5 Å². The molecule has 2 rings (SSSR count). The van der Waals surface area contributed by atoms with Gasteiger partial charge >= 0.3 is 0 Å². The first-order chi connectivity index (χ1) is 8.85. The van der Waals surface area contributed by atoms with Gasteiger partial charge in [0.25, 0.3) is 0 Å². The lowest BCUT2D eigenvalue weighted by Crippen LogP contribution is -2.13. The number of Topliss-reactive ketones (excluding diaryl/α,β-unsaturated/α-hetero) is 1. The predicted octanol–water partition coefficient (Wildman–Crippen LogP) is 2.42. The Labute approximate surface area is 116 Å². The highest BCUT2D eigenvalue weighted by molar-refractivity contribution is 7.91. The van der Waals surface area contributed by atoms with E-state index in [1.807, 2.05) is 0 Å². The van der Waals surface area contributed by atoms with E-state index < -0.39 is 15.7 Å². The molecule has 1 aliphatic rings. The molecule has 0 spiro atoms. The van der Waals surface area contributed by atoms with Crippen molar-refractivity contribution >= 4 is 27.2 Å². The van der Waals surface area contributed by atoms with Gasteiger partial charge in [-0.25, -0.2) is 12.8 Å². The van der Waals surface area contributed by atoms with E-state index >= 15 is 0 Å². The van der Waals surface area contributed by atoms with E-state index in [0.29, 0.717) is 12.0 Å². The maximum atomic E-state index is 13.5.